The summed E-state index contributed by atoms with van der Waals surface area (Å²) in [5, 5.41) is 3.11. The first kappa shape index (κ1) is 15.0. The van der Waals surface area contributed by atoms with Crippen LogP contribution >= 0.6 is 11.6 Å². The average Bonchev–Trinajstić information content (AvgIpc) is 2.45. The SMILES string of the molecule is Cc1ccc(C(=O)Nc2cc(C#CCN)ccn2)c(Cl)c1. The molecule has 5 heteroatoms. The van der Waals surface area contributed by atoms with Crippen LogP contribution in [0.4, 0.5) is 5.82 Å². The molecule has 0 fully saturated rings. The van der Waals surface area contributed by atoms with Crippen molar-refractivity contribution in [3.8, 4) is 11.8 Å². The molecule has 0 saturated heterocycles. The van der Waals surface area contributed by atoms with Crippen molar-refractivity contribution in [2.24, 2.45) is 5.73 Å². The zero-order valence-electron chi connectivity index (χ0n) is 11.5. The zero-order valence-corrected chi connectivity index (χ0v) is 12.2. The van der Waals surface area contributed by atoms with Crippen LogP contribution in [0.3, 0.4) is 0 Å². The Bertz CT molecular complexity index is 732. The number of pyridine rings is 1. The minimum absolute atomic E-state index is 0.281. The van der Waals surface area contributed by atoms with E-state index in [2.05, 4.69) is 22.1 Å². The lowest BCUT2D eigenvalue weighted by molar-refractivity contribution is 0.102. The van der Waals surface area contributed by atoms with Gasteiger partial charge in [0.15, 0.2) is 0 Å². The standard InChI is InChI=1S/C16H14ClN3O/c1-11-4-5-13(14(17)9-11)16(21)20-15-10-12(3-2-7-18)6-8-19-15/h4-6,8-10H,7,18H2,1H3,(H,19,20,21). The van der Waals surface area contributed by atoms with Gasteiger partial charge < -0.3 is 11.1 Å². The molecular weight excluding hydrogens is 286 g/mol. The number of halogens is 1. The largest absolute Gasteiger partial charge is 0.320 e. The highest BCUT2D eigenvalue weighted by atomic mass is 35.5. The van der Waals surface area contributed by atoms with Gasteiger partial charge in [-0.15, -0.1) is 0 Å². The summed E-state index contributed by atoms with van der Waals surface area (Å²) < 4.78 is 0. The van der Waals surface area contributed by atoms with Gasteiger partial charge in [-0.1, -0.05) is 29.5 Å². The van der Waals surface area contributed by atoms with Crippen LogP contribution in [0.2, 0.25) is 5.02 Å². The average molecular weight is 300 g/mol. The van der Waals surface area contributed by atoms with Crippen LogP contribution < -0.4 is 11.1 Å². The number of aromatic nitrogens is 1. The molecule has 1 heterocycles. The molecule has 0 radical (unpaired) electrons. The number of benzene rings is 1. The van der Waals surface area contributed by atoms with E-state index in [0.29, 0.717) is 16.4 Å². The van der Waals surface area contributed by atoms with Crippen LogP contribution in [-0.2, 0) is 0 Å². The van der Waals surface area contributed by atoms with Crippen molar-refractivity contribution >= 4 is 23.3 Å². The molecule has 0 spiro atoms. The maximum Gasteiger partial charge on any atom is 0.258 e. The molecule has 2 rings (SSSR count). The first-order chi connectivity index (χ1) is 10.1. The van der Waals surface area contributed by atoms with Gasteiger partial charge in [-0.3, -0.25) is 4.79 Å². The molecule has 0 bridgehead atoms. The molecule has 4 nitrogen and oxygen atoms in total. The van der Waals surface area contributed by atoms with Crippen molar-refractivity contribution in [1.29, 1.82) is 0 Å². The fourth-order valence-electron chi connectivity index (χ4n) is 1.72. The van der Waals surface area contributed by atoms with Gasteiger partial charge in [-0.25, -0.2) is 4.98 Å². The Balaban J connectivity index is 2.19. The molecule has 0 atom stereocenters. The number of nitrogens with two attached hydrogens (primary N) is 1. The van der Waals surface area contributed by atoms with E-state index >= 15 is 0 Å². The molecule has 3 N–H and O–H groups in total. The van der Waals surface area contributed by atoms with Gasteiger partial charge in [-0.05, 0) is 36.8 Å². The number of carbonyl (C=O) groups excluding carboxylic acids is 1. The van der Waals surface area contributed by atoms with E-state index in [1.54, 1.807) is 30.5 Å². The van der Waals surface area contributed by atoms with Gasteiger partial charge in [0, 0.05) is 11.8 Å². The Morgan fingerprint density at radius 1 is 1.38 bits per heavy atom. The van der Waals surface area contributed by atoms with E-state index in [9.17, 15) is 4.79 Å². The second-order valence-electron chi connectivity index (χ2n) is 4.37. The van der Waals surface area contributed by atoms with Crippen molar-refractivity contribution < 1.29 is 4.79 Å². The number of hydrogen-bond donors (Lipinski definition) is 2. The normalized spacial score (nSPS) is 9.67. The summed E-state index contributed by atoms with van der Waals surface area (Å²) in [6, 6.07) is 8.69. The Hall–Kier alpha value is -2.35. The molecule has 106 valence electrons. The smallest absolute Gasteiger partial charge is 0.258 e. The lowest BCUT2D eigenvalue weighted by atomic mass is 10.1. The lowest BCUT2D eigenvalue weighted by Crippen LogP contribution is -2.13. The predicted molar refractivity (Wildman–Crippen MR) is 84.3 cm³/mol. The van der Waals surface area contributed by atoms with Gasteiger partial charge in [0.2, 0.25) is 0 Å². The maximum absolute atomic E-state index is 12.2. The summed E-state index contributed by atoms with van der Waals surface area (Å²) in [6.07, 6.45) is 1.58. The summed E-state index contributed by atoms with van der Waals surface area (Å²) in [4.78, 5) is 16.3. The molecular formula is C16H14ClN3O. The summed E-state index contributed by atoms with van der Waals surface area (Å²) >= 11 is 6.07. The number of hydrogen-bond acceptors (Lipinski definition) is 3. The Morgan fingerprint density at radius 2 is 2.19 bits per heavy atom. The molecule has 1 aromatic heterocycles. The number of nitrogens with one attached hydrogen (secondary N) is 1. The summed E-state index contributed by atoms with van der Waals surface area (Å²) in [7, 11) is 0. The predicted octanol–water partition coefficient (Wildman–Crippen LogP) is 2.61. The van der Waals surface area contributed by atoms with Crippen molar-refractivity contribution in [3.63, 3.8) is 0 Å². The Labute approximate surface area is 128 Å². The van der Waals surface area contributed by atoms with E-state index in [-0.39, 0.29) is 12.5 Å². The van der Waals surface area contributed by atoms with Crippen LogP contribution in [0.5, 0.6) is 0 Å². The van der Waals surface area contributed by atoms with Crippen molar-refractivity contribution in [1.82, 2.24) is 4.98 Å². The number of rotatable bonds is 2. The first-order valence-electron chi connectivity index (χ1n) is 6.32. The van der Waals surface area contributed by atoms with Gasteiger partial charge in [0.1, 0.15) is 5.82 Å². The monoisotopic (exact) mass is 299 g/mol. The molecule has 21 heavy (non-hydrogen) atoms. The minimum atomic E-state index is -0.309. The van der Waals surface area contributed by atoms with Gasteiger partial charge in [0.05, 0.1) is 17.1 Å². The van der Waals surface area contributed by atoms with Crippen LogP contribution in [0.25, 0.3) is 0 Å². The topological polar surface area (TPSA) is 68.0 Å². The van der Waals surface area contributed by atoms with E-state index in [0.717, 1.165) is 11.1 Å². The number of nitrogens with zero attached hydrogens (tertiary/aromatic N) is 1. The van der Waals surface area contributed by atoms with E-state index < -0.39 is 0 Å². The molecule has 0 aliphatic heterocycles. The molecule has 0 saturated carbocycles. The summed E-state index contributed by atoms with van der Waals surface area (Å²) in [5.41, 5.74) is 7.46. The number of aryl methyl sites for hydroxylation is 1. The molecule has 1 amide bonds. The van der Waals surface area contributed by atoms with Crippen LogP contribution in [0.1, 0.15) is 21.5 Å². The molecule has 0 unspecified atom stereocenters. The Kier molecular flexibility index (Phi) is 4.94. The summed E-state index contributed by atoms with van der Waals surface area (Å²) in [5.74, 6) is 5.74. The number of carbonyl (C=O) groups is 1. The van der Waals surface area contributed by atoms with E-state index in [1.165, 1.54) is 0 Å². The molecule has 2 aromatic rings. The highest BCUT2D eigenvalue weighted by molar-refractivity contribution is 6.34. The van der Waals surface area contributed by atoms with E-state index in [1.807, 2.05) is 13.0 Å². The number of amides is 1. The third-order valence-electron chi connectivity index (χ3n) is 2.71. The molecule has 0 aliphatic carbocycles. The van der Waals surface area contributed by atoms with Gasteiger partial charge in [0.25, 0.3) is 5.91 Å². The molecule has 1 aromatic carbocycles. The second-order valence-corrected chi connectivity index (χ2v) is 4.78. The fourth-order valence-corrected chi connectivity index (χ4v) is 2.04. The third-order valence-corrected chi connectivity index (χ3v) is 3.02. The number of anilines is 1. The fraction of sp³-hybridized carbons (Fsp3) is 0.125. The third kappa shape index (κ3) is 4.06. The van der Waals surface area contributed by atoms with E-state index in [4.69, 9.17) is 17.3 Å². The van der Waals surface area contributed by atoms with Crippen LogP contribution in [0, 0.1) is 18.8 Å². The first-order valence-corrected chi connectivity index (χ1v) is 6.70. The quantitative estimate of drug-likeness (QED) is 0.838. The van der Waals surface area contributed by atoms with Crippen molar-refractivity contribution in [2.75, 3.05) is 11.9 Å². The lowest BCUT2D eigenvalue weighted by Gasteiger charge is -2.07. The second kappa shape index (κ2) is 6.89. The van der Waals surface area contributed by atoms with Crippen LogP contribution in [-0.4, -0.2) is 17.4 Å². The maximum atomic E-state index is 12.2. The highest BCUT2D eigenvalue weighted by Gasteiger charge is 2.11. The minimum Gasteiger partial charge on any atom is -0.320 e. The zero-order chi connectivity index (χ0) is 15.2. The molecule has 0 aliphatic rings. The van der Waals surface area contributed by atoms with Crippen molar-refractivity contribution in [3.05, 3.63) is 58.2 Å². The highest BCUT2D eigenvalue weighted by Crippen LogP contribution is 2.19. The van der Waals surface area contributed by atoms with Gasteiger partial charge >= 0.3 is 0 Å². The van der Waals surface area contributed by atoms with Crippen LogP contribution in [0.15, 0.2) is 36.5 Å². The van der Waals surface area contributed by atoms with Crippen molar-refractivity contribution in [2.45, 2.75) is 6.92 Å². The summed E-state index contributed by atoms with van der Waals surface area (Å²) in [6.45, 7) is 2.19. The van der Waals surface area contributed by atoms with Gasteiger partial charge in [-0.2, -0.15) is 0 Å². The Morgan fingerprint density at radius 3 is 2.90 bits per heavy atom.